The predicted molar refractivity (Wildman–Crippen MR) is 81.5 cm³/mol. The van der Waals surface area contributed by atoms with Crippen LogP contribution in [0.4, 0.5) is 13.2 Å². The summed E-state index contributed by atoms with van der Waals surface area (Å²) in [6.45, 7) is 3.30. The van der Waals surface area contributed by atoms with Crippen molar-refractivity contribution >= 4 is 23.6 Å². The van der Waals surface area contributed by atoms with E-state index in [9.17, 15) is 22.8 Å². The third kappa shape index (κ3) is 4.79. The van der Waals surface area contributed by atoms with E-state index in [2.05, 4.69) is 10.9 Å². The summed E-state index contributed by atoms with van der Waals surface area (Å²) in [5.41, 5.74) is 0.417. The molecule has 0 aliphatic heterocycles. The van der Waals surface area contributed by atoms with E-state index in [1.807, 2.05) is 0 Å². The van der Waals surface area contributed by atoms with Crippen LogP contribution >= 0.6 is 11.8 Å². The summed E-state index contributed by atoms with van der Waals surface area (Å²) in [6, 6.07) is 6.36. The highest BCUT2D eigenvalue weighted by Gasteiger charge is 2.29. The molecule has 5 nitrogen and oxygen atoms in total. The van der Waals surface area contributed by atoms with Crippen LogP contribution in [0.15, 0.2) is 39.6 Å². The van der Waals surface area contributed by atoms with Crippen LogP contribution in [0.5, 0.6) is 0 Å². The number of rotatable bonds is 3. The van der Waals surface area contributed by atoms with Crippen molar-refractivity contribution in [2.75, 3.05) is 0 Å². The lowest BCUT2D eigenvalue weighted by atomic mass is 10.2. The molecule has 0 unspecified atom stereocenters. The van der Waals surface area contributed by atoms with E-state index in [1.54, 1.807) is 13.8 Å². The molecule has 128 valence electrons. The molecule has 0 fully saturated rings. The molecule has 9 heteroatoms. The lowest BCUT2D eigenvalue weighted by Crippen LogP contribution is -2.41. The van der Waals surface area contributed by atoms with E-state index >= 15 is 0 Å². The summed E-state index contributed by atoms with van der Waals surface area (Å²) in [4.78, 5) is 23.8. The zero-order chi connectivity index (χ0) is 17.9. The Labute approximate surface area is 139 Å². The smallest absolute Gasteiger partial charge is 0.446 e. The number of amides is 2. The van der Waals surface area contributed by atoms with Crippen molar-refractivity contribution in [3.63, 3.8) is 0 Å². The molecule has 2 amide bonds. The molecule has 0 saturated carbocycles. The molecule has 1 aromatic heterocycles. The van der Waals surface area contributed by atoms with Gasteiger partial charge in [-0.15, -0.1) is 0 Å². The Morgan fingerprint density at radius 1 is 1.04 bits per heavy atom. The lowest BCUT2D eigenvalue weighted by Gasteiger charge is -2.08. The van der Waals surface area contributed by atoms with Crippen LogP contribution < -0.4 is 10.9 Å². The van der Waals surface area contributed by atoms with E-state index in [4.69, 9.17) is 4.42 Å². The fourth-order valence-electron chi connectivity index (χ4n) is 1.92. The number of hydrogen-bond acceptors (Lipinski definition) is 4. The standard InChI is InChI=1S/C15H13F3N2O3S/c1-8-7-12(9(2)23-8)14(22)20-19-13(21)10-3-5-11(6-4-10)24-15(16,17)18/h3-7H,1-2H3,(H,19,21)(H,20,22). The van der Waals surface area contributed by atoms with Gasteiger partial charge in [-0.05, 0) is 55.9 Å². The second kappa shape index (κ2) is 7.00. The Bertz CT molecular complexity index is 754. The Morgan fingerprint density at radius 3 is 2.12 bits per heavy atom. The molecule has 24 heavy (non-hydrogen) atoms. The Hall–Kier alpha value is -2.42. The van der Waals surface area contributed by atoms with Gasteiger partial charge in [0, 0.05) is 10.5 Å². The fourth-order valence-corrected chi connectivity index (χ4v) is 2.46. The van der Waals surface area contributed by atoms with Crippen LogP contribution in [-0.4, -0.2) is 17.3 Å². The number of hydrazine groups is 1. The first kappa shape index (κ1) is 17.9. The minimum absolute atomic E-state index is 0.0346. The highest BCUT2D eigenvalue weighted by atomic mass is 32.2. The van der Waals surface area contributed by atoms with Gasteiger partial charge >= 0.3 is 5.51 Å². The average Bonchev–Trinajstić information content (AvgIpc) is 2.82. The van der Waals surface area contributed by atoms with Gasteiger partial charge in [-0.1, -0.05) is 0 Å². The summed E-state index contributed by atoms with van der Waals surface area (Å²) in [5.74, 6) is -0.235. The summed E-state index contributed by atoms with van der Waals surface area (Å²) in [5, 5.41) is 0. The highest BCUT2D eigenvalue weighted by molar-refractivity contribution is 8.00. The van der Waals surface area contributed by atoms with Crippen LogP contribution in [0.25, 0.3) is 0 Å². The number of alkyl halides is 3. The van der Waals surface area contributed by atoms with Crippen molar-refractivity contribution in [3.05, 3.63) is 53.0 Å². The molecule has 2 aromatic rings. The SMILES string of the molecule is Cc1cc(C(=O)NNC(=O)c2ccc(SC(F)(F)F)cc2)c(C)o1. The van der Waals surface area contributed by atoms with Crippen LogP contribution in [-0.2, 0) is 0 Å². The summed E-state index contributed by atoms with van der Waals surface area (Å²) < 4.78 is 41.9. The first-order valence-electron chi connectivity index (χ1n) is 6.69. The van der Waals surface area contributed by atoms with Crippen molar-refractivity contribution in [1.82, 2.24) is 10.9 Å². The molecule has 0 bridgehead atoms. The van der Waals surface area contributed by atoms with Gasteiger partial charge in [-0.25, -0.2) is 0 Å². The normalized spacial score (nSPS) is 11.2. The zero-order valence-electron chi connectivity index (χ0n) is 12.7. The maximum atomic E-state index is 12.2. The number of nitrogens with one attached hydrogen (secondary N) is 2. The number of carbonyl (C=O) groups excluding carboxylic acids is 2. The molecule has 0 saturated heterocycles. The van der Waals surface area contributed by atoms with Crippen molar-refractivity contribution in [2.24, 2.45) is 0 Å². The molecule has 0 aliphatic carbocycles. The van der Waals surface area contributed by atoms with Gasteiger partial charge in [0.15, 0.2) is 0 Å². The van der Waals surface area contributed by atoms with Crippen molar-refractivity contribution in [2.45, 2.75) is 24.3 Å². The van der Waals surface area contributed by atoms with E-state index in [-0.39, 0.29) is 27.8 Å². The number of benzene rings is 1. The maximum Gasteiger partial charge on any atom is 0.446 e. The Kier molecular flexibility index (Phi) is 5.23. The molecule has 2 rings (SSSR count). The molecule has 0 atom stereocenters. The van der Waals surface area contributed by atoms with Gasteiger partial charge < -0.3 is 4.42 Å². The van der Waals surface area contributed by atoms with Gasteiger partial charge in [0.2, 0.25) is 0 Å². The summed E-state index contributed by atoms with van der Waals surface area (Å²) in [6.07, 6.45) is 0. The molecule has 0 radical (unpaired) electrons. The van der Waals surface area contributed by atoms with Gasteiger partial charge in [-0.3, -0.25) is 20.4 Å². The molecule has 0 aliphatic rings. The molecular weight excluding hydrogens is 345 g/mol. The first-order chi connectivity index (χ1) is 11.2. The second-order valence-electron chi connectivity index (χ2n) is 4.81. The highest BCUT2D eigenvalue weighted by Crippen LogP contribution is 2.36. The average molecular weight is 358 g/mol. The third-order valence-corrected chi connectivity index (χ3v) is 3.66. The summed E-state index contributed by atoms with van der Waals surface area (Å²) in [7, 11) is 0. The number of thioether (sulfide) groups is 1. The minimum atomic E-state index is -4.39. The van der Waals surface area contributed by atoms with Crippen LogP contribution in [0, 0.1) is 13.8 Å². The van der Waals surface area contributed by atoms with Gasteiger partial charge in [0.25, 0.3) is 11.8 Å². The van der Waals surface area contributed by atoms with E-state index in [0.717, 1.165) is 0 Å². The number of aryl methyl sites for hydroxylation is 2. The fraction of sp³-hybridized carbons (Fsp3) is 0.200. The number of hydrogen-bond donors (Lipinski definition) is 2. The quantitative estimate of drug-likeness (QED) is 0.650. The molecule has 1 heterocycles. The van der Waals surface area contributed by atoms with Crippen molar-refractivity contribution in [1.29, 1.82) is 0 Å². The predicted octanol–water partition coefficient (Wildman–Crippen LogP) is 3.58. The van der Waals surface area contributed by atoms with E-state index < -0.39 is 17.3 Å². The molecular formula is C15H13F3N2O3S. The third-order valence-electron chi connectivity index (χ3n) is 2.93. The largest absolute Gasteiger partial charge is 0.466 e. The number of furan rings is 1. The zero-order valence-corrected chi connectivity index (χ0v) is 13.5. The van der Waals surface area contributed by atoms with Crippen LogP contribution in [0.1, 0.15) is 32.2 Å². The maximum absolute atomic E-state index is 12.2. The second-order valence-corrected chi connectivity index (χ2v) is 5.95. The molecule has 0 spiro atoms. The Balaban J connectivity index is 1.95. The lowest BCUT2D eigenvalue weighted by molar-refractivity contribution is -0.0328. The van der Waals surface area contributed by atoms with Gasteiger partial charge in [0.05, 0.1) is 5.56 Å². The number of carbonyl (C=O) groups is 2. The van der Waals surface area contributed by atoms with Gasteiger partial charge in [0.1, 0.15) is 11.5 Å². The molecule has 1 aromatic carbocycles. The van der Waals surface area contributed by atoms with Gasteiger partial charge in [-0.2, -0.15) is 13.2 Å². The van der Waals surface area contributed by atoms with Crippen LogP contribution in [0.2, 0.25) is 0 Å². The van der Waals surface area contributed by atoms with Crippen molar-refractivity contribution in [3.8, 4) is 0 Å². The Morgan fingerprint density at radius 2 is 1.62 bits per heavy atom. The first-order valence-corrected chi connectivity index (χ1v) is 7.51. The van der Waals surface area contributed by atoms with E-state index in [1.165, 1.54) is 30.3 Å². The van der Waals surface area contributed by atoms with Crippen molar-refractivity contribution < 1.29 is 27.2 Å². The molecule has 2 N–H and O–H groups in total. The van der Waals surface area contributed by atoms with Crippen LogP contribution in [0.3, 0.4) is 0 Å². The monoisotopic (exact) mass is 358 g/mol. The van der Waals surface area contributed by atoms with E-state index in [0.29, 0.717) is 11.5 Å². The summed E-state index contributed by atoms with van der Waals surface area (Å²) >= 11 is -0.271. The number of halogens is 3. The minimum Gasteiger partial charge on any atom is -0.466 e. The topological polar surface area (TPSA) is 71.3 Å².